The van der Waals surface area contributed by atoms with Gasteiger partial charge in [-0.1, -0.05) is 0 Å². The van der Waals surface area contributed by atoms with Crippen molar-refractivity contribution in [3.63, 3.8) is 0 Å². The van der Waals surface area contributed by atoms with Crippen LogP contribution < -0.4 is 10.2 Å². The minimum Gasteiger partial charge on any atom is -0.354 e. The summed E-state index contributed by atoms with van der Waals surface area (Å²) in [6.45, 7) is 4.05. The van der Waals surface area contributed by atoms with E-state index in [0.29, 0.717) is 5.95 Å². The quantitative estimate of drug-likeness (QED) is 0.433. The summed E-state index contributed by atoms with van der Waals surface area (Å²) < 4.78 is 1.22. The molecule has 8 nitrogen and oxygen atoms in total. The molecule has 0 bridgehead atoms. The van der Waals surface area contributed by atoms with E-state index in [2.05, 4.69) is 54.2 Å². The number of likely N-dealkylation sites (N-methyl/N-ethyl adjacent to an activating group) is 1. The second-order valence-electron chi connectivity index (χ2n) is 8.00. The van der Waals surface area contributed by atoms with Gasteiger partial charge in [0.05, 0.1) is 0 Å². The highest BCUT2D eigenvalue weighted by molar-refractivity contribution is 7.22. The summed E-state index contributed by atoms with van der Waals surface area (Å²) in [6, 6.07) is 8.21. The van der Waals surface area contributed by atoms with Crippen LogP contribution in [0.25, 0.3) is 31.6 Å². The lowest BCUT2D eigenvalue weighted by atomic mass is 10.2. The van der Waals surface area contributed by atoms with Gasteiger partial charge in [-0.15, -0.1) is 11.3 Å². The first-order chi connectivity index (χ1) is 15.7. The molecule has 160 valence electrons. The Morgan fingerprint density at radius 1 is 1.03 bits per heavy atom. The van der Waals surface area contributed by atoms with Gasteiger partial charge in [0.1, 0.15) is 11.5 Å². The third kappa shape index (κ3) is 3.55. The van der Waals surface area contributed by atoms with Crippen LogP contribution in [-0.4, -0.2) is 63.0 Å². The standard InChI is InChI=1S/C23H22N8S/c1-30-6-8-31(9-7-30)21-11-16(2-5-25-21)28-23-27-14-18-17(13-26-22(18)29-23)20-10-15-12-24-4-3-19(15)32-20/h2-5,10-14H,6-9H2,1H3,(H2,25,26,27,28,29). The number of aromatic nitrogens is 5. The predicted molar refractivity (Wildman–Crippen MR) is 130 cm³/mol. The van der Waals surface area contributed by atoms with Crippen LogP contribution in [0.5, 0.6) is 0 Å². The molecule has 5 aromatic rings. The zero-order chi connectivity index (χ0) is 21.5. The van der Waals surface area contributed by atoms with Crippen LogP contribution >= 0.6 is 11.3 Å². The van der Waals surface area contributed by atoms with Crippen LogP contribution in [0.1, 0.15) is 0 Å². The van der Waals surface area contributed by atoms with Crippen LogP contribution in [0.3, 0.4) is 0 Å². The second-order valence-corrected chi connectivity index (χ2v) is 9.08. The Morgan fingerprint density at radius 2 is 1.94 bits per heavy atom. The minimum atomic E-state index is 0.557. The van der Waals surface area contributed by atoms with E-state index in [1.807, 2.05) is 43.1 Å². The first kappa shape index (κ1) is 19.1. The molecule has 0 saturated carbocycles. The van der Waals surface area contributed by atoms with E-state index in [9.17, 15) is 0 Å². The van der Waals surface area contributed by atoms with Crippen molar-refractivity contribution < 1.29 is 0 Å². The monoisotopic (exact) mass is 442 g/mol. The fraction of sp³-hybridized carbons (Fsp3) is 0.217. The average molecular weight is 443 g/mol. The molecule has 0 spiro atoms. The van der Waals surface area contributed by atoms with E-state index < -0.39 is 0 Å². The number of pyridine rings is 2. The molecule has 0 amide bonds. The summed E-state index contributed by atoms with van der Waals surface area (Å²) in [5.74, 6) is 1.53. The Labute approximate surface area is 189 Å². The molecule has 6 heterocycles. The van der Waals surface area contributed by atoms with Crippen LogP contribution in [0.15, 0.2) is 55.2 Å². The number of anilines is 3. The molecule has 6 rings (SSSR count). The average Bonchev–Trinajstić information content (AvgIpc) is 3.43. The third-order valence-electron chi connectivity index (χ3n) is 5.84. The van der Waals surface area contributed by atoms with Gasteiger partial charge in [0.25, 0.3) is 0 Å². The van der Waals surface area contributed by atoms with Crippen molar-refractivity contribution in [3.8, 4) is 10.4 Å². The lowest BCUT2D eigenvalue weighted by Gasteiger charge is -2.33. The van der Waals surface area contributed by atoms with Crippen molar-refractivity contribution in [2.75, 3.05) is 43.4 Å². The molecule has 1 aliphatic rings. The van der Waals surface area contributed by atoms with E-state index in [4.69, 9.17) is 4.98 Å². The molecule has 0 aliphatic carbocycles. The summed E-state index contributed by atoms with van der Waals surface area (Å²) in [5.41, 5.74) is 2.84. The lowest BCUT2D eigenvalue weighted by Crippen LogP contribution is -2.44. The molecule has 5 aromatic heterocycles. The number of nitrogens with zero attached hydrogens (tertiary/aromatic N) is 6. The predicted octanol–water partition coefficient (Wildman–Crippen LogP) is 4.13. The van der Waals surface area contributed by atoms with Crippen molar-refractivity contribution in [1.82, 2.24) is 29.8 Å². The maximum atomic E-state index is 4.70. The summed E-state index contributed by atoms with van der Waals surface area (Å²) in [6.07, 6.45) is 9.43. The van der Waals surface area contributed by atoms with E-state index >= 15 is 0 Å². The Kier molecular flexibility index (Phi) is 4.70. The number of fused-ring (bicyclic) bond motifs is 2. The molecule has 0 aromatic carbocycles. The second kappa shape index (κ2) is 7.85. The first-order valence-corrected chi connectivity index (χ1v) is 11.4. The van der Waals surface area contributed by atoms with Gasteiger partial charge in [0.15, 0.2) is 0 Å². The van der Waals surface area contributed by atoms with Gasteiger partial charge in [-0.2, -0.15) is 4.98 Å². The number of aromatic amines is 1. The van der Waals surface area contributed by atoms with Crippen molar-refractivity contribution in [1.29, 1.82) is 0 Å². The van der Waals surface area contributed by atoms with Gasteiger partial charge in [-0.25, -0.2) is 9.97 Å². The number of hydrogen-bond donors (Lipinski definition) is 2. The summed E-state index contributed by atoms with van der Waals surface area (Å²) in [4.78, 5) is 27.2. The van der Waals surface area contributed by atoms with E-state index in [0.717, 1.165) is 59.7 Å². The van der Waals surface area contributed by atoms with Gasteiger partial charge in [-0.05, 0) is 25.2 Å². The van der Waals surface area contributed by atoms with Gasteiger partial charge >= 0.3 is 0 Å². The van der Waals surface area contributed by atoms with Crippen LogP contribution in [0, 0.1) is 0 Å². The highest BCUT2D eigenvalue weighted by atomic mass is 32.1. The molecule has 0 atom stereocenters. The minimum absolute atomic E-state index is 0.557. The van der Waals surface area contributed by atoms with Crippen molar-refractivity contribution >= 4 is 49.9 Å². The first-order valence-electron chi connectivity index (χ1n) is 10.6. The number of nitrogens with one attached hydrogen (secondary N) is 2. The molecule has 0 radical (unpaired) electrons. The number of H-pyrrole nitrogens is 1. The van der Waals surface area contributed by atoms with Gasteiger partial charge in [0.2, 0.25) is 5.95 Å². The van der Waals surface area contributed by atoms with E-state index in [-0.39, 0.29) is 0 Å². The normalized spacial score (nSPS) is 15.0. The lowest BCUT2D eigenvalue weighted by molar-refractivity contribution is 0.312. The van der Waals surface area contributed by atoms with Gasteiger partial charge in [-0.3, -0.25) is 4.98 Å². The summed E-state index contributed by atoms with van der Waals surface area (Å²) in [7, 11) is 2.15. The molecule has 9 heteroatoms. The van der Waals surface area contributed by atoms with Crippen molar-refractivity contribution in [3.05, 3.63) is 55.2 Å². The fourth-order valence-electron chi connectivity index (χ4n) is 4.02. The maximum absolute atomic E-state index is 4.70. The molecule has 1 fully saturated rings. The SMILES string of the molecule is CN1CCN(c2cc(Nc3ncc4c(-c5cc6cnccc6s5)c[nH]c4n3)ccn2)CC1. The molecule has 0 unspecified atom stereocenters. The number of hydrogen-bond acceptors (Lipinski definition) is 8. The van der Waals surface area contributed by atoms with Crippen molar-refractivity contribution in [2.24, 2.45) is 0 Å². The number of piperazine rings is 1. The van der Waals surface area contributed by atoms with Gasteiger partial charge in [0, 0.05) is 94.8 Å². The summed E-state index contributed by atoms with van der Waals surface area (Å²) in [5, 5.41) is 5.48. The molecule has 1 aliphatic heterocycles. The molecule has 2 N–H and O–H groups in total. The van der Waals surface area contributed by atoms with Crippen LogP contribution in [0.2, 0.25) is 0 Å². The Hall–Kier alpha value is -3.56. The Morgan fingerprint density at radius 3 is 2.81 bits per heavy atom. The van der Waals surface area contributed by atoms with Gasteiger partial charge < -0.3 is 20.1 Å². The molecular weight excluding hydrogens is 420 g/mol. The molecular formula is C23H22N8S. The number of rotatable bonds is 4. The van der Waals surface area contributed by atoms with E-state index in [1.54, 1.807) is 11.3 Å². The smallest absolute Gasteiger partial charge is 0.229 e. The van der Waals surface area contributed by atoms with Crippen LogP contribution in [-0.2, 0) is 0 Å². The van der Waals surface area contributed by atoms with Crippen LogP contribution in [0.4, 0.5) is 17.5 Å². The third-order valence-corrected chi connectivity index (χ3v) is 6.99. The Bertz CT molecular complexity index is 1370. The number of thiophene rings is 1. The highest BCUT2D eigenvalue weighted by Crippen LogP contribution is 2.36. The van der Waals surface area contributed by atoms with E-state index in [1.165, 1.54) is 9.58 Å². The molecule has 32 heavy (non-hydrogen) atoms. The highest BCUT2D eigenvalue weighted by Gasteiger charge is 2.16. The summed E-state index contributed by atoms with van der Waals surface area (Å²) >= 11 is 1.75. The molecule has 1 saturated heterocycles. The van der Waals surface area contributed by atoms with Crippen molar-refractivity contribution in [2.45, 2.75) is 0 Å². The topological polar surface area (TPSA) is 85.9 Å². The Balaban J connectivity index is 1.26. The fourth-order valence-corrected chi connectivity index (χ4v) is 5.08. The largest absolute Gasteiger partial charge is 0.354 e. The zero-order valence-corrected chi connectivity index (χ0v) is 18.4. The maximum Gasteiger partial charge on any atom is 0.229 e. The zero-order valence-electron chi connectivity index (χ0n) is 17.6.